The number of hydrogen-bond acceptors (Lipinski definition) is 4. The fourth-order valence-corrected chi connectivity index (χ4v) is 1.82. The Bertz CT molecular complexity index is 558. The monoisotopic (exact) mass is 262 g/mol. The molecule has 0 aromatic carbocycles. The summed E-state index contributed by atoms with van der Waals surface area (Å²) in [6, 6.07) is 3.62. The Morgan fingerprint density at radius 2 is 2.17 bits per heavy atom. The lowest BCUT2D eigenvalue weighted by molar-refractivity contribution is 0.0527. The number of carbonyl (C=O) groups excluding carboxylic acids is 1. The van der Waals surface area contributed by atoms with Gasteiger partial charge in [-0.3, -0.25) is 9.97 Å². The van der Waals surface area contributed by atoms with Crippen LogP contribution in [0.2, 0.25) is 5.02 Å². The highest BCUT2D eigenvalue weighted by atomic mass is 35.5. The molecule has 0 aliphatic carbocycles. The van der Waals surface area contributed by atoms with Crippen molar-refractivity contribution in [3.63, 3.8) is 0 Å². The van der Waals surface area contributed by atoms with E-state index in [4.69, 9.17) is 16.3 Å². The normalized spacial score (nSPS) is 10.1. The molecule has 2 aromatic rings. The van der Waals surface area contributed by atoms with Crippen LogP contribution in [0, 0.1) is 0 Å². The second-order valence-corrected chi connectivity index (χ2v) is 3.91. The number of rotatable bonds is 3. The van der Waals surface area contributed by atoms with Crippen LogP contribution in [-0.4, -0.2) is 22.5 Å². The van der Waals surface area contributed by atoms with Crippen LogP contribution >= 0.6 is 11.6 Å². The van der Waals surface area contributed by atoms with Gasteiger partial charge in [0, 0.05) is 35.9 Å². The van der Waals surface area contributed by atoms with Crippen LogP contribution in [0.5, 0.6) is 0 Å². The Morgan fingerprint density at radius 1 is 1.33 bits per heavy atom. The van der Waals surface area contributed by atoms with Crippen LogP contribution in [0.15, 0.2) is 36.9 Å². The first kappa shape index (κ1) is 12.5. The molecule has 0 saturated heterocycles. The molecule has 0 bridgehead atoms. The second-order valence-electron chi connectivity index (χ2n) is 3.51. The van der Waals surface area contributed by atoms with Crippen LogP contribution in [-0.2, 0) is 4.74 Å². The summed E-state index contributed by atoms with van der Waals surface area (Å²) in [5.74, 6) is -0.455. The molecular weight excluding hydrogens is 252 g/mol. The molecule has 0 fully saturated rings. The molecule has 2 aromatic heterocycles. The first-order valence-corrected chi connectivity index (χ1v) is 5.83. The van der Waals surface area contributed by atoms with Gasteiger partial charge in [-0.2, -0.15) is 0 Å². The van der Waals surface area contributed by atoms with Crippen LogP contribution in [0.1, 0.15) is 17.3 Å². The van der Waals surface area contributed by atoms with Gasteiger partial charge in [0.05, 0.1) is 17.2 Å². The van der Waals surface area contributed by atoms with Crippen molar-refractivity contribution in [3.05, 3.63) is 47.5 Å². The van der Waals surface area contributed by atoms with Crippen molar-refractivity contribution >= 4 is 17.6 Å². The quantitative estimate of drug-likeness (QED) is 0.798. The lowest BCUT2D eigenvalue weighted by Gasteiger charge is -2.09. The summed E-state index contributed by atoms with van der Waals surface area (Å²) in [5, 5.41) is 0.273. The third-order valence-electron chi connectivity index (χ3n) is 2.35. The van der Waals surface area contributed by atoms with Gasteiger partial charge in [0.1, 0.15) is 0 Å². The van der Waals surface area contributed by atoms with Crippen LogP contribution in [0.4, 0.5) is 0 Å². The largest absolute Gasteiger partial charge is 0.462 e. The minimum atomic E-state index is -0.455. The van der Waals surface area contributed by atoms with E-state index in [-0.39, 0.29) is 5.02 Å². The molecule has 2 heterocycles. The molecule has 5 heteroatoms. The third kappa shape index (κ3) is 2.49. The van der Waals surface area contributed by atoms with Crippen molar-refractivity contribution in [1.82, 2.24) is 9.97 Å². The van der Waals surface area contributed by atoms with E-state index in [1.807, 2.05) is 6.07 Å². The molecule has 0 saturated carbocycles. The predicted molar refractivity (Wildman–Crippen MR) is 68.4 cm³/mol. The summed E-state index contributed by atoms with van der Waals surface area (Å²) >= 11 is 6.03. The fourth-order valence-electron chi connectivity index (χ4n) is 1.59. The van der Waals surface area contributed by atoms with Crippen molar-refractivity contribution in [2.75, 3.05) is 6.61 Å². The minimum Gasteiger partial charge on any atom is -0.462 e. The number of halogens is 1. The van der Waals surface area contributed by atoms with E-state index in [0.717, 1.165) is 5.56 Å². The van der Waals surface area contributed by atoms with Crippen LogP contribution in [0.3, 0.4) is 0 Å². The zero-order chi connectivity index (χ0) is 13.0. The third-order valence-corrected chi connectivity index (χ3v) is 2.64. The molecule has 2 rings (SSSR count). The van der Waals surface area contributed by atoms with E-state index < -0.39 is 5.97 Å². The molecule has 0 N–H and O–H groups in total. The van der Waals surface area contributed by atoms with Gasteiger partial charge < -0.3 is 4.74 Å². The number of aromatic nitrogens is 2. The summed E-state index contributed by atoms with van der Waals surface area (Å²) in [6.45, 7) is 2.04. The molecule has 0 spiro atoms. The molecule has 0 unspecified atom stereocenters. The van der Waals surface area contributed by atoms with E-state index >= 15 is 0 Å². The highest BCUT2D eigenvalue weighted by molar-refractivity contribution is 6.34. The number of ether oxygens (including phenoxy) is 1. The molecule has 0 radical (unpaired) electrons. The lowest BCUT2D eigenvalue weighted by atomic mass is 10.0. The summed E-state index contributed by atoms with van der Waals surface area (Å²) in [6.07, 6.45) is 6.31. The number of pyridine rings is 2. The van der Waals surface area contributed by atoms with Crippen LogP contribution in [0.25, 0.3) is 11.1 Å². The fraction of sp³-hybridized carbons (Fsp3) is 0.154. The van der Waals surface area contributed by atoms with Gasteiger partial charge in [-0.1, -0.05) is 17.7 Å². The van der Waals surface area contributed by atoms with Crippen molar-refractivity contribution < 1.29 is 9.53 Å². The zero-order valence-electron chi connectivity index (χ0n) is 9.76. The van der Waals surface area contributed by atoms with Gasteiger partial charge in [0.15, 0.2) is 0 Å². The van der Waals surface area contributed by atoms with Gasteiger partial charge in [-0.05, 0) is 13.0 Å². The Morgan fingerprint density at radius 3 is 2.83 bits per heavy atom. The first-order chi connectivity index (χ1) is 8.74. The first-order valence-electron chi connectivity index (χ1n) is 5.45. The van der Waals surface area contributed by atoms with E-state index in [9.17, 15) is 4.79 Å². The number of nitrogens with zero attached hydrogens (tertiary/aromatic N) is 2. The number of carbonyl (C=O) groups is 1. The zero-order valence-corrected chi connectivity index (χ0v) is 10.5. The lowest BCUT2D eigenvalue weighted by Crippen LogP contribution is -2.08. The van der Waals surface area contributed by atoms with Crippen molar-refractivity contribution in [2.24, 2.45) is 0 Å². The topological polar surface area (TPSA) is 52.1 Å². The average Bonchev–Trinajstić information content (AvgIpc) is 2.39. The van der Waals surface area contributed by atoms with Gasteiger partial charge in [0.2, 0.25) is 0 Å². The Kier molecular flexibility index (Phi) is 3.89. The molecule has 0 aliphatic heterocycles. The van der Waals surface area contributed by atoms with Crippen LogP contribution < -0.4 is 0 Å². The Balaban J connectivity index is 2.55. The standard InChI is InChI=1S/C13H11ClN2O2/c1-2-18-13(17)12-10(7-16-8-11(12)14)9-4-3-5-15-6-9/h3-8H,2H2,1H3. The van der Waals surface area contributed by atoms with Crippen molar-refractivity contribution in [2.45, 2.75) is 6.92 Å². The summed E-state index contributed by atoms with van der Waals surface area (Å²) in [4.78, 5) is 19.9. The summed E-state index contributed by atoms with van der Waals surface area (Å²) in [5.41, 5.74) is 1.71. The minimum absolute atomic E-state index is 0.273. The van der Waals surface area contributed by atoms with E-state index in [0.29, 0.717) is 17.7 Å². The summed E-state index contributed by atoms with van der Waals surface area (Å²) < 4.78 is 5.00. The molecule has 4 nitrogen and oxygen atoms in total. The van der Waals surface area contributed by atoms with Gasteiger partial charge in [-0.15, -0.1) is 0 Å². The Hall–Kier alpha value is -1.94. The Labute approximate surface area is 110 Å². The van der Waals surface area contributed by atoms with Crippen molar-refractivity contribution in [1.29, 1.82) is 0 Å². The molecule has 0 atom stereocenters. The predicted octanol–water partition coefficient (Wildman–Crippen LogP) is 2.97. The molecule has 92 valence electrons. The van der Waals surface area contributed by atoms with Gasteiger partial charge in [-0.25, -0.2) is 4.79 Å². The summed E-state index contributed by atoms with van der Waals surface area (Å²) in [7, 11) is 0. The molecule has 18 heavy (non-hydrogen) atoms. The van der Waals surface area contributed by atoms with Crippen molar-refractivity contribution in [3.8, 4) is 11.1 Å². The SMILES string of the molecule is CCOC(=O)c1c(Cl)cncc1-c1cccnc1. The average molecular weight is 263 g/mol. The second kappa shape index (κ2) is 5.60. The van der Waals surface area contributed by atoms with E-state index in [2.05, 4.69) is 9.97 Å². The smallest absolute Gasteiger partial charge is 0.340 e. The number of hydrogen-bond donors (Lipinski definition) is 0. The maximum atomic E-state index is 11.9. The highest BCUT2D eigenvalue weighted by Crippen LogP contribution is 2.28. The van der Waals surface area contributed by atoms with E-state index in [1.165, 1.54) is 6.20 Å². The molecule has 0 amide bonds. The maximum Gasteiger partial charge on any atom is 0.340 e. The van der Waals surface area contributed by atoms with E-state index in [1.54, 1.807) is 31.6 Å². The molecule has 0 aliphatic rings. The van der Waals surface area contributed by atoms with Gasteiger partial charge in [0.25, 0.3) is 0 Å². The molecular formula is C13H11ClN2O2. The maximum absolute atomic E-state index is 11.9. The highest BCUT2D eigenvalue weighted by Gasteiger charge is 2.18. The van der Waals surface area contributed by atoms with Gasteiger partial charge >= 0.3 is 5.97 Å². The number of esters is 1.